The Kier molecular flexibility index (Phi) is 4.34. The van der Waals surface area contributed by atoms with E-state index in [4.69, 9.17) is 5.11 Å². The smallest absolute Gasteiger partial charge is 0.330 e. The number of carboxylic acids is 1. The minimum absolute atomic E-state index is 0.693. The molecule has 0 saturated heterocycles. The van der Waals surface area contributed by atoms with Crippen LogP contribution in [0.4, 0.5) is 5.69 Å². The molecule has 4 nitrogen and oxygen atoms in total. The lowest BCUT2D eigenvalue weighted by Gasteiger charge is -2.08. The minimum Gasteiger partial charge on any atom is -0.478 e. The quantitative estimate of drug-likeness (QED) is 0.725. The van der Waals surface area contributed by atoms with Crippen LogP contribution >= 0.6 is 0 Å². The van der Waals surface area contributed by atoms with Crippen molar-refractivity contribution in [1.82, 2.24) is 4.98 Å². The van der Waals surface area contributed by atoms with Gasteiger partial charge in [0.15, 0.2) is 0 Å². The van der Waals surface area contributed by atoms with Crippen LogP contribution in [-0.2, 0) is 4.79 Å². The van der Waals surface area contributed by atoms with Crippen LogP contribution in [-0.4, -0.2) is 16.1 Å². The molecule has 0 spiro atoms. The fourth-order valence-electron chi connectivity index (χ4n) is 1.21. The number of aliphatic carboxylic acids is 1. The third-order valence-corrected chi connectivity index (χ3v) is 1.78. The van der Waals surface area contributed by atoms with Crippen molar-refractivity contribution in [3.8, 4) is 0 Å². The highest BCUT2D eigenvalue weighted by molar-refractivity contribution is 5.81. The highest BCUT2D eigenvalue weighted by atomic mass is 16.4. The van der Waals surface area contributed by atoms with E-state index in [0.29, 0.717) is 12.1 Å². The zero-order valence-electron chi connectivity index (χ0n) is 8.60. The average Bonchev–Trinajstić information content (AvgIpc) is 2.18. The Morgan fingerprint density at radius 3 is 3.00 bits per heavy atom. The van der Waals surface area contributed by atoms with E-state index in [-0.39, 0.29) is 0 Å². The van der Waals surface area contributed by atoms with Crippen LogP contribution in [0.25, 0.3) is 0 Å². The number of hydrogen-bond acceptors (Lipinski definition) is 3. The molecule has 1 rings (SSSR count). The lowest BCUT2D eigenvalue weighted by Crippen LogP contribution is -2.03. The molecule has 2 N–H and O–H groups in total. The normalized spacial score (nSPS) is 11.1. The van der Waals surface area contributed by atoms with Crippen LogP contribution in [0, 0.1) is 0 Å². The Morgan fingerprint density at radius 2 is 2.47 bits per heavy atom. The van der Waals surface area contributed by atoms with Gasteiger partial charge in [0, 0.05) is 18.0 Å². The van der Waals surface area contributed by atoms with Crippen molar-refractivity contribution in [1.29, 1.82) is 0 Å². The number of allylic oxidation sites excluding steroid dienone is 1. The van der Waals surface area contributed by atoms with E-state index >= 15 is 0 Å². The first-order chi connectivity index (χ1) is 7.22. The van der Waals surface area contributed by atoms with Gasteiger partial charge in [-0.05, 0) is 18.6 Å². The molecule has 0 aliphatic carbocycles. The Hall–Kier alpha value is -1.84. The minimum atomic E-state index is -0.935. The summed E-state index contributed by atoms with van der Waals surface area (Å²) in [6.45, 7) is 2.00. The van der Waals surface area contributed by atoms with Gasteiger partial charge in [0.25, 0.3) is 0 Å². The summed E-state index contributed by atoms with van der Waals surface area (Å²) in [7, 11) is 0. The summed E-state index contributed by atoms with van der Waals surface area (Å²) in [5.41, 5.74) is 1.50. The highest BCUT2D eigenvalue weighted by Crippen LogP contribution is 2.11. The molecule has 0 aromatic carbocycles. The maximum atomic E-state index is 10.5. The predicted octanol–water partition coefficient (Wildman–Crippen LogP) is 2.26. The van der Waals surface area contributed by atoms with Gasteiger partial charge in [-0.3, -0.25) is 4.98 Å². The molecule has 1 aromatic heterocycles. The second-order valence-corrected chi connectivity index (χ2v) is 3.12. The van der Waals surface area contributed by atoms with Crippen LogP contribution in [0.15, 0.2) is 36.3 Å². The monoisotopic (exact) mass is 206 g/mol. The Morgan fingerprint density at radius 1 is 1.67 bits per heavy atom. The topological polar surface area (TPSA) is 62.2 Å². The highest BCUT2D eigenvalue weighted by Gasteiger charge is 2.00. The third kappa shape index (κ3) is 4.26. The molecule has 1 heterocycles. The molecule has 0 aliphatic heterocycles. The maximum absolute atomic E-state index is 10.5. The van der Waals surface area contributed by atoms with Gasteiger partial charge < -0.3 is 10.4 Å². The number of carboxylic acid groups (broad SMARTS) is 1. The number of anilines is 1. The first-order valence-corrected chi connectivity index (χ1v) is 4.83. The Labute approximate surface area is 88.7 Å². The largest absolute Gasteiger partial charge is 0.478 e. The van der Waals surface area contributed by atoms with Gasteiger partial charge in [-0.2, -0.15) is 0 Å². The van der Waals surface area contributed by atoms with Crippen LogP contribution in [0.1, 0.15) is 19.8 Å². The molecule has 1 aromatic rings. The SMILES string of the molecule is CCC/C(=C\C(=O)O)Nc1cccnc1. The number of pyridine rings is 1. The van der Waals surface area contributed by atoms with Crippen LogP contribution < -0.4 is 5.32 Å². The molecule has 80 valence electrons. The van der Waals surface area contributed by atoms with E-state index < -0.39 is 5.97 Å². The summed E-state index contributed by atoms with van der Waals surface area (Å²) in [6.07, 6.45) is 6.13. The van der Waals surface area contributed by atoms with Crippen molar-refractivity contribution in [3.63, 3.8) is 0 Å². The summed E-state index contributed by atoms with van der Waals surface area (Å²) < 4.78 is 0. The van der Waals surface area contributed by atoms with Gasteiger partial charge in [0.1, 0.15) is 0 Å². The first-order valence-electron chi connectivity index (χ1n) is 4.83. The molecule has 0 bridgehead atoms. The van der Waals surface area contributed by atoms with E-state index in [9.17, 15) is 4.79 Å². The summed E-state index contributed by atoms with van der Waals surface area (Å²) >= 11 is 0. The predicted molar refractivity (Wildman–Crippen MR) is 58.5 cm³/mol. The van der Waals surface area contributed by atoms with Gasteiger partial charge in [-0.25, -0.2) is 4.79 Å². The van der Waals surface area contributed by atoms with Gasteiger partial charge in [0.2, 0.25) is 0 Å². The summed E-state index contributed by atoms with van der Waals surface area (Å²) in [5.74, 6) is -0.935. The van der Waals surface area contributed by atoms with E-state index in [1.807, 2.05) is 13.0 Å². The molecule has 0 atom stereocenters. The number of hydrogen-bond donors (Lipinski definition) is 2. The van der Waals surface area contributed by atoms with Crippen molar-refractivity contribution < 1.29 is 9.90 Å². The third-order valence-electron chi connectivity index (χ3n) is 1.78. The molecule has 0 fully saturated rings. The number of aromatic nitrogens is 1. The second-order valence-electron chi connectivity index (χ2n) is 3.12. The van der Waals surface area contributed by atoms with Crippen LogP contribution in [0.3, 0.4) is 0 Å². The average molecular weight is 206 g/mol. The van der Waals surface area contributed by atoms with E-state index in [1.54, 1.807) is 18.5 Å². The fraction of sp³-hybridized carbons (Fsp3) is 0.273. The molecular formula is C11H14N2O2. The molecular weight excluding hydrogens is 192 g/mol. The number of nitrogens with one attached hydrogen (secondary N) is 1. The molecule has 15 heavy (non-hydrogen) atoms. The summed E-state index contributed by atoms with van der Waals surface area (Å²) in [5, 5.41) is 11.7. The van der Waals surface area contributed by atoms with Crippen LogP contribution in [0.5, 0.6) is 0 Å². The fourth-order valence-corrected chi connectivity index (χ4v) is 1.21. The maximum Gasteiger partial charge on any atom is 0.330 e. The second kappa shape index (κ2) is 5.80. The van der Waals surface area contributed by atoms with Crippen molar-refractivity contribution in [2.24, 2.45) is 0 Å². The van der Waals surface area contributed by atoms with Gasteiger partial charge in [-0.1, -0.05) is 13.3 Å². The molecule has 4 heteroatoms. The molecule has 0 unspecified atom stereocenters. The zero-order valence-corrected chi connectivity index (χ0v) is 8.60. The van der Waals surface area contributed by atoms with E-state index in [1.165, 1.54) is 6.08 Å². The lowest BCUT2D eigenvalue weighted by atomic mass is 10.2. The summed E-state index contributed by atoms with van der Waals surface area (Å²) in [6, 6.07) is 3.64. The van der Waals surface area contributed by atoms with E-state index in [2.05, 4.69) is 10.3 Å². The standard InChI is InChI=1S/C11H14N2O2/c1-2-4-9(7-11(14)15)13-10-5-3-6-12-8-10/h3,5-8,13H,2,4H2,1H3,(H,14,15)/b9-7+. The number of carbonyl (C=O) groups is 1. The van der Waals surface area contributed by atoms with E-state index in [0.717, 1.165) is 12.1 Å². The van der Waals surface area contributed by atoms with Gasteiger partial charge >= 0.3 is 5.97 Å². The molecule has 0 saturated carbocycles. The lowest BCUT2D eigenvalue weighted by molar-refractivity contribution is -0.131. The zero-order chi connectivity index (χ0) is 11.1. The van der Waals surface area contributed by atoms with Gasteiger partial charge in [0.05, 0.1) is 11.9 Å². The van der Waals surface area contributed by atoms with Crippen molar-refractivity contribution >= 4 is 11.7 Å². The Bertz CT molecular complexity index is 347. The molecule has 0 amide bonds. The van der Waals surface area contributed by atoms with Crippen molar-refractivity contribution in [2.45, 2.75) is 19.8 Å². The van der Waals surface area contributed by atoms with Crippen molar-refractivity contribution in [3.05, 3.63) is 36.3 Å². The first kappa shape index (κ1) is 11.2. The Balaban J connectivity index is 2.71. The van der Waals surface area contributed by atoms with Crippen molar-refractivity contribution in [2.75, 3.05) is 5.32 Å². The molecule has 0 radical (unpaired) electrons. The number of nitrogens with zero attached hydrogens (tertiary/aromatic N) is 1. The summed E-state index contributed by atoms with van der Waals surface area (Å²) in [4.78, 5) is 14.5. The molecule has 0 aliphatic rings. The van der Waals surface area contributed by atoms with Gasteiger partial charge in [-0.15, -0.1) is 0 Å². The number of rotatable bonds is 5. The van der Waals surface area contributed by atoms with Crippen LogP contribution in [0.2, 0.25) is 0 Å².